The lowest BCUT2D eigenvalue weighted by atomic mass is 9.96. The summed E-state index contributed by atoms with van der Waals surface area (Å²) in [5.41, 5.74) is 3.23. The molecule has 2 aliphatic rings. The van der Waals surface area contributed by atoms with Gasteiger partial charge in [0.25, 0.3) is 0 Å². The van der Waals surface area contributed by atoms with Crippen molar-refractivity contribution in [2.75, 3.05) is 0 Å². The standard InChI is InChI=1S/C21H14ClF2N3O/c22-14-2-4-20-15(10-14)19-11-18(12-5-7-25-8-6-12)26-27(19)21(28-20)13-1-3-16(23)17(24)9-13/h1-10,19,21H,11H2/t19-,21-/m1/s1. The number of halogens is 3. The molecule has 2 aliphatic heterocycles. The Labute approximate surface area is 165 Å². The molecule has 140 valence electrons. The summed E-state index contributed by atoms with van der Waals surface area (Å²) >= 11 is 6.20. The summed E-state index contributed by atoms with van der Waals surface area (Å²) in [5, 5.41) is 7.15. The predicted octanol–water partition coefficient (Wildman–Crippen LogP) is 5.26. The quantitative estimate of drug-likeness (QED) is 0.592. The minimum atomic E-state index is -0.919. The Morgan fingerprint density at radius 1 is 1.00 bits per heavy atom. The van der Waals surface area contributed by atoms with Crippen molar-refractivity contribution in [3.05, 3.63) is 94.3 Å². The highest BCUT2D eigenvalue weighted by Crippen LogP contribution is 2.48. The van der Waals surface area contributed by atoms with Crippen molar-refractivity contribution < 1.29 is 13.5 Å². The van der Waals surface area contributed by atoms with Gasteiger partial charge in [-0.25, -0.2) is 13.8 Å². The number of hydrogen-bond acceptors (Lipinski definition) is 4. The molecule has 0 saturated heterocycles. The highest BCUT2D eigenvalue weighted by molar-refractivity contribution is 6.30. The maximum absolute atomic E-state index is 13.9. The summed E-state index contributed by atoms with van der Waals surface area (Å²) in [4.78, 5) is 4.05. The van der Waals surface area contributed by atoms with Crippen molar-refractivity contribution in [2.45, 2.75) is 18.7 Å². The van der Waals surface area contributed by atoms with Crippen LogP contribution >= 0.6 is 11.6 Å². The molecule has 3 heterocycles. The number of nitrogens with zero attached hydrogens (tertiary/aromatic N) is 3. The average Bonchev–Trinajstić information content (AvgIpc) is 3.16. The Morgan fingerprint density at radius 3 is 2.61 bits per heavy atom. The minimum absolute atomic E-state index is 0.122. The van der Waals surface area contributed by atoms with Gasteiger partial charge in [-0.15, -0.1) is 0 Å². The second-order valence-corrected chi connectivity index (χ2v) is 7.14. The zero-order valence-electron chi connectivity index (χ0n) is 14.5. The van der Waals surface area contributed by atoms with E-state index in [2.05, 4.69) is 4.98 Å². The Hall–Kier alpha value is -2.99. The van der Waals surface area contributed by atoms with Crippen LogP contribution in [0.15, 0.2) is 66.0 Å². The number of fused-ring (bicyclic) bond motifs is 3. The maximum Gasteiger partial charge on any atom is 0.213 e. The summed E-state index contributed by atoms with van der Waals surface area (Å²) in [5.74, 6) is -1.16. The van der Waals surface area contributed by atoms with E-state index in [0.717, 1.165) is 29.0 Å². The maximum atomic E-state index is 13.9. The first-order valence-electron chi connectivity index (χ1n) is 8.77. The number of rotatable bonds is 2. The van der Waals surface area contributed by atoms with Crippen LogP contribution in [-0.4, -0.2) is 15.7 Å². The molecule has 7 heteroatoms. The molecule has 0 radical (unpaired) electrons. The van der Waals surface area contributed by atoms with Crippen molar-refractivity contribution in [3.63, 3.8) is 0 Å². The molecule has 5 rings (SSSR count). The van der Waals surface area contributed by atoms with Gasteiger partial charge in [-0.2, -0.15) is 5.10 Å². The summed E-state index contributed by atoms with van der Waals surface area (Å²) in [6.45, 7) is 0. The van der Waals surface area contributed by atoms with Gasteiger partial charge in [0.05, 0.1) is 11.8 Å². The van der Waals surface area contributed by atoms with E-state index in [1.165, 1.54) is 6.07 Å². The molecule has 0 amide bonds. The first-order chi connectivity index (χ1) is 13.6. The molecule has 4 nitrogen and oxygen atoms in total. The van der Waals surface area contributed by atoms with Gasteiger partial charge in [-0.05, 0) is 42.5 Å². The molecule has 0 fully saturated rings. The Balaban J connectivity index is 1.62. The lowest BCUT2D eigenvalue weighted by molar-refractivity contribution is -0.0192. The number of hydrogen-bond donors (Lipinski definition) is 0. The van der Waals surface area contributed by atoms with Gasteiger partial charge in [0.15, 0.2) is 11.6 Å². The summed E-state index contributed by atoms with van der Waals surface area (Å²) in [7, 11) is 0. The number of pyridine rings is 1. The third kappa shape index (κ3) is 2.81. The topological polar surface area (TPSA) is 37.7 Å². The molecule has 2 aromatic carbocycles. The zero-order valence-corrected chi connectivity index (χ0v) is 15.3. The van der Waals surface area contributed by atoms with Gasteiger partial charge in [0, 0.05) is 40.5 Å². The molecule has 0 unspecified atom stereocenters. The second-order valence-electron chi connectivity index (χ2n) is 6.71. The fourth-order valence-electron chi connectivity index (χ4n) is 3.66. The van der Waals surface area contributed by atoms with Crippen molar-refractivity contribution >= 4 is 17.3 Å². The minimum Gasteiger partial charge on any atom is -0.464 e. The van der Waals surface area contributed by atoms with Crippen LogP contribution in [0.2, 0.25) is 5.02 Å². The SMILES string of the molecule is Fc1ccc([C@H]2Oc3ccc(Cl)cc3[C@H]3CC(c4ccncc4)=NN32)cc1F. The van der Waals surface area contributed by atoms with E-state index in [1.54, 1.807) is 29.5 Å². The Morgan fingerprint density at radius 2 is 1.82 bits per heavy atom. The molecular formula is C21H14ClF2N3O. The fourth-order valence-corrected chi connectivity index (χ4v) is 3.84. The molecule has 0 saturated carbocycles. The van der Waals surface area contributed by atoms with Crippen LogP contribution in [-0.2, 0) is 0 Å². The number of hydrazone groups is 1. The van der Waals surface area contributed by atoms with Crippen molar-refractivity contribution in [2.24, 2.45) is 5.10 Å². The zero-order chi connectivity index (χ0) is 19.3. The molecule has 0 aliphatic carbocycles. The van der Waals surface area contributed by atoms with Gasteiger partial charge in [0.2, 0.25) is 6.23 Å². The number of aromatic nitrogens is 1. The van der Waals surface area contributed by atoms with E-state index < -0.39 is 17.9 Å². The van der Waals surface area contributed by atoms with Crippen LogP contribution in [0.4, 0.5) is 8.78 Å². The first kappa shape index (κ1) is 17.1. The Bertz CT molecular complexity index is 1090. The van der Waals surface area contributed by atoms with Gasteiger partial charge < -0.3 is 4.74 Å². The third-order valence-corrected chi connectivity index (χ3v) is 5.23. The lowest BCUT2D eigenvalue weighted by Crippen LogP contribution is -2.33. The van der Waals surface area contributed by atoms with Crippen LogP contribution in [0.3, 0.4) is 0 Å². The molecule has 0 bridgehead atoms. The van der Waals surface area contributed by atoms with Gasteiger partial charge in [-0.1, -0.05) is 17.7 Å². The molecule has 28 heavy (non-hydrogen) atoms. The van der Waals surface area contributed by atoms with Crippen molar-refractivity contribution in [3.8, 4) is 5.75 Å². The van der Waals surface area contributed by atoms with Gasteiger partial charge in [0.1, 0.15) is 5.75 Å². The highest BCUT2D eigenvalue weighted by Gasteiger charge is 2.41. The van der Waals surface area contributed by atoms with Crippen molar-refractivity contribution in [1.82, 2.24) is 9.99 Å². The Kier molecular flexibility index (Phi) is 4.02. The second kappa shape index (κ2) is 6.56. The largest absolute Gasteiger partial charge is 0.464 e. The van der Waals surface area contributed by atoms with Crippen LogP contribution in [0.1, 0.15) is 35.4 Å². The molecular weight excluding hydrogens is 384 g/mol. The monoisotopic (exact) mass is 397 g/mol. The highest BCUT2D eigenvalue weighted by atomic mass is 35.5. The van der Waals surface area contributed by atoms with Gasteiger partial charge >= 0.3 is 0 Å². The average molecular weight is 398 g/mol. The van der Waals surface area contributed by atoms with E-state index in [9.17, 15) is 8.78 Å². The van der Waals surface area contributed by atoms with E-state index in [1.807, 2.05) is 18.2 Å². The normalized spacial score (nSPS) is 20.2. The lowest BCUT2D eigenvalue weighted by Gasteiger charge is -2.38. The molecule has 3 aromatic rings. The van der Waals surface area contributed by atoms with Crippen LogP contribution in [0, 0.1) is 11.6 Å². The first-order valence-corrected chi connectivity index (χ1v) is 9.15. The molecule has 2 atom stereocenters. The fraction of sp³-hybridized carbons (Fsp3) is 0.143. The molecule has 0 N–H and O–H groups in total. The van der Waals surface area contributed by atoms with Crippen LogP contribution in [0.25, 0.3) is 0 Å². The van der Waals surface area contributed by atoms with Crippen molar-refractivity contribution in [1.29, 1.82) is 0 Å². The van der Waals surface area contributed by atoms with E-state index >= 15 is 0 Å². The number of benzene rings is 2. The predicted molar refractivity (Wildman–Crippen MR) is 101 cm³/mol. The molecule has 0 spiro atoms. The van der Waals surface area contributed by atoms with E-state index in [-0.39, 0.29) is 6.04 Å². The van der Waals surface area contributed by atoms with Gasteiger partial charge in [-0.3, -0.25) is 4.98 Å². The summed E-state index contributed by atoms with van der Waals surface area (Å²) < 4.78 is 33.4. The third-order valence-electron chi connectivity index (χ3n) is 4.99. The van der Waals surface area contributed by atoms with E-state index in [4.69, 9.17) is 21.4 Å². The molecule has 1 aromatic heterocycles. The summed E-state index contributed by atoms with van der Waals surface area (Å²) in [6, 6.07) is 12.8. The van der Waals surface area contributed by atoms with E-state index in [0.29, 0.717) is 22.8 Å². The number of ether oxygens (including phenoxy) is 1. The smallest absolute Gasteiger partial charge is 0.213 e. The summed E-state index contributed by atoms with van der Waals surface area (Å²) in [6.07, 6.45) is 3.39. The van der Waals surface area contributed by atoms with Crippen LogP contribution in [0.5, 0.6) is 5.75 Å². The van der Waals surface area contributed by atoms with Crippen LogP contribution < -0.4 is 4.74 Å².